The SMILES string of the molecule is NC(=O)[C@H]1CCCC[C@H]1NCc1nc(C(F)(F)F)cs1. The number of rotatable bonds is 4. The lowest BCUT2D eigenvalue weighted by molar-refractivity contribution is -0.140. The fraction of sp³-hybridized carbons (Fsp3) is 0.667. The second-order valence-electron chi connectivity index (χ2n) is 4.90. The lowest BCUT2D eigenvalue weighted by Gasteiger charge is -2.29. The zero-order valence-electron chi connectivity index (χ0n) is 10.7. The van der Waals surface area contributed by atoms with Crippen molar-refractivity contribution in [3.8, 4) is 0 Å². The Bertz CT molecular complexity index is 475. The number of nitrogens with two attached hydrogens (primary N) is 1. The number of hydrogen-bond donors (Lipinski definition) is 2. The summed E-state index contributed by atoms with van der Waals surface area (Å²) in [5.74, 6) is -0.594. The average Bonchev–Trinajstić information content (AvgIpc) is 2.85. The first-order valence-electron chi connectivity index (χ1n) is 6.42. The van der Waals surface area contributed by atoms with Gasteiger partial charge in [-0.1, -0.05) is 12.8 Å². The summed E-state index contributed by atoms with van der Waals surface area (Å²) in [5.41, 5.74) is 4.48. The number of thiazole rings is 1. The molecule has 0 unspecified atom stereocenters. The van der Waals surface area contributed by atoms with Crippen LogP contribution in [0.5, 0.6) is 0 Å². The standard InChI is InChI=1S/C12H16F3N3OS/c13-12(14,15)9-6-20-10(18-9)5-17-8-4-2-1-3-7(8)11(16)19/h6-8,17H,1-5H2,(H2,16,19)/t7-,8+/m0/s1. The Labute approximate surface area is 118 Å². The lowest BCUT2D eigenvalue weighted by atomic mass is 9.84. The molecular formula is C12H16F3N3OS. The predicted octanol–water partition coefficient (Wildman–Crippen LogP) is 2.30. The molecule has 0 saturated heterocycles. The van der Waals surface area contributed by atoms with Gasteiger partial charge in [-0.3, -0.25) is 4.79 Å². The van der Waals surface area contributed by atoms with Crippen molar-refractivity contribution in [3.63, 3.8) is 0 Å². The van der Waals surface area contributed by atoms with E-state index >= 15 is 0 Å². The van der Waals surface area contributed by atoms with Gasteiger partial charge in [-0.15, -0.1) is 11.3 Å². The second-order valence-corrected chi connectivity index (χ2v) is 5.85. The maximum absolute atomic E-state index is 12.4. The Morgan fingerprint density at radius 3 is 2.75 bits per heavy atom. The largest absolute Gasteiger partial charge is 0.434 e. The van der Waals surface area contributed by atoms with Crippen molar-refractivity contribution in [2.75, 3.05) is 0 Å². The molecule has 0 spiro atoms. The van der Waals surface area contributed by atoms with Crippen molar-refractivity contribution in [2.24, 2.45) is 11.7 Å². The van der Waals surface area contributed by atoms with Crippen LogP contribution in [0.25, 0.3) is 0 Å². The summed E-state index contributed by atoms with van der Waals surface area (Å²) in [7, 11) is 0. The molecule has 3 N–H and O–H groups in total. The van der Waals surface area contributed by atoms with Gasteiger partial charge < -0.3 is 11.1 Å². The summed E-state index contributed by atoms with van der Waals surface area (Å²) < 4.78 is 37.3. The van der Waals surface area contributed by atoms with E-state index in [1.54, 1.807) is 0 Å². The highest BCUT2D eigenvalue weighted by Crippen LogP contribution is 2.30. The van der Waals surface area contributed by atoms with Crippen molar-refractivity contribution in [2.45, 2.75) is 44.4 Å². The Kier molecular flexibility index (Phi) is 4.64. The molecule has 0 radical (unpaired) electrons. The topological polar surface area (TPSA) is 68.0 Å². The number of primary amides is 1. The van der Waals surface area contributed by atoms with Gasteiger partial charge >= 0.3 is 6.18 Å². The molecule has 1 fully saturated rings. The zero-order chi connectivity index (χ0) is 14.8. The van der Waals surface area contributed by atoms with Gasteiger partial charge in [0.15, 0.2) is 5.69 Å². The van der Waals surface area contributed by atoms with Crippen LogP contribution < -0.4 is 11.1 Å². The Hall–Kier alpha value is -1.15. The maximum atomic E-state index is 12.4. The fourth-order valence-corrected chi connectivity index (χ4v) is 3.21. The monoisotopic (exact) mass is 307 g/mol. The summed E-state index contributed by atoms with van der Waals surface area (Å²) in [4.78, 5) is 14.9. The van der Waals surface area contributed by atoms with Crippen molar-refractivity contribution in [1.82, 2.24) is 10.3 Å². The molecule has 2 rings (SSSR count). The lowest BCUT2D eigenvalue weighted by Crippen LogP contribution is -2.44. The number of alkyl halides is 3. The van der Waals surface area contributed by atoms with Crippen molar-refractivity contribution in [3.05, 3.63) is 16.1 Å². The molecule has 112 valence electrons. The maximum Gasteiger partial charge on any atom is 0.434 e. The zero-order valence-corrected chi connectivity index (χ0v) is 11.6. The molecular weight excluding hydrogens is 291 g/mol. The molecule has 1 heterocycles. The van der Waals surface area contributed by atoms with E-state index in [1.165, 1.54) is 0 Å². The number of amides is 1. The molecule has 1 aromatic heterocycles. The van der Waals surface area contributed by atoms with E-state index in [9.17, 15) is 18.0 Å². The third-order valence-corrected chi connectivity index (χ3v) is 4.34. The highest BCUT2D eigenvalue weighted by Gasteiger charge is 2.34. The third-order valence-electron chi connectivity index (χ3n) is 3.49. The van der Waals surface area contributed by atoms with Gasteiger partial charge in [-0.05, 0) is 12.8 Å². The molecule has 0 bridgehead atoms. The van der Waals surface area contributed by atoms with Crippen LogP contribution in [0.4, 0.5) is 13.2 Å². The predicted molar refractivity (Wildman–Crippen MR) is 68.9 cm³/mol. The summed E-state index contributed by atoms with van der Waals surface area (Å²) >= 11 is 0.965. The molecule has 1 aliphatic rings. The van der Waals surface area contributed by atoms with E-state index in [1.807, 2.05) is 0 Å². The van der Waals surface area contributed by atoms with E-state index in [2.05, 4.69) is 10.3 Å². The molecule has 1 amide bonds. The Balaban J connectivity index is 1.94. The fourth-order valence-electron chi connectivity index (χ4n) is 2.46. The first-order chi connectivity index (χ1) is 9.38. The first-order valence-corrected chi connectivity index (χ1v) is 7.30. The second kappa shape index (κ2) is 6.09. The highest BCUT2D eigenvalue weighted by molar-refractivity contribution is 7.09. The quantitative estimate of drug-likeness (QED) is 0.897. The molecule has 2 atom stereocenters. The summed E-state index contributed by atoms with van der Waals surface area (Å²) in [5, 5.41) is 4.48. The number of carbonyl (C=O) groups excluding carboxylic acids is 1. The van der Waals surface area contributed by atoms with Crippen LogP contribution in [0.1, 0.15) is 36.4 Å². The first kappa shape index (κ1) is 15.2. The van der Waals surface area contributed by atoms with E-state index in [0.29, 0.717) is 5.01 Å². The van der Waals surface area contributed by atoms with Crippen LogP contribution in [0.15, 0.2) is 5.38 Å². The van der Waals surface area contributed by atoms with Gasteiger partial charge in [0.05, 0.1) is 5.92 Å². The molecule has 0 aliphatic heterocycles. The molecule has 1 aromatic rings. The minimum atomic E-state index is -4.41. The summed E-state index contributed by atoms with van der Waals surface area (Å²) in [6, 6.07) is -0.0699. The molecule has 1 aliphatic carbocycles. The summed E-state index contributed by atoms with van der Waals surface area (Å²) in [6.45, 7) is 0.231. The molecule has 1 saturated carbocycles. The number of carbonyl (C=O) groups is 1. The minimum Gasteiger partial charge on any atom is -0.369 e. The minimum absolute atomic E-state index is 0.0699. The van der Waals surface area contributed by atoms with Crippen LogP contribution >= 0.6 is 11.3 Å². The smallest absolute Gasteiger partial charge is 0.369 e. The van der Waals surface area contributed by atoms with E-state index in [4.69, 9.17) is 5.73 Å². The van der Waals surface area contributed by atoms with Crippen LogP contribution in [0, 0.1) is 5.92 Å². The average molecular weight is 307 g/mol. The third kappa shape index (κ3) is 3.69. The van der Waals surface area contributed by atoms with E-state index < -0.39 is 11.9 Å². The number of nitrogens with zero attached hydrogens (tertiary/aromatic N) is 1. The van der Waals surface area contributed by atoms with Crippen molar-refractivity contribution < 1.29 is 18.0 Å². The van der Waals surface area contributed by atoms with Crippen LogP contribution in [-0.4, -0.2) is 16.9 Å². The normalized spacial score (nSPS) is 23.8. The van der Waals surface area contributed by atoms with E-state index in [-0.39, 0.29) is 24.4 Å². The number of halogens is 3. The van der Waals surface area contributed by atoms with Gasteiger partial charge in [0.2, 0.25) is 5.91 Å². The van der Waals surface area contributed by atoms with Crippen LogP contribution in [0.2, 0.25) is 0 Å². The van der Waals surface area contributed by atoms with E-state index in [0.717, 1.165) is 42.4 Å². The van der Waals surface area contributed by atoms with Gasteiger partial charge in [-0.25, -0.2) is 4.98 Å². The van der Waals surface area contributed by atoms with Crippen molar-refractivity contribution in [1.29, 1.82) is 0 Å². The van der Waals surface area contributed by atoms with Crippen molar-refractivity contribution >= 4 is 17.2 Å². The van der Waals surface area contributed by atoms with Crippen LogP contribution in [-0.2, 0) is 17.5 Å². The Morgan fingerprint density at radius 2 is 2.15 bits per heavy atom. The van der Waals surface area contributed by atoms with Gasteiger partial charge in [-0.2, -0.15) is 13.2 Å². The van der Waals surface area contributed by atoms with Gasteiger partial charge in [0.25, 0.3) is 0 Å². The van der Waals surface area contributed by atoms with Crippen LogP contribution in [0.3, 0.4) is 0 Å². The molecule has 4 nitrogen and oxygen atoms in total. The number of nitrogens with one attached hydrogen (secondary N) is 1. The highest BCUT2D eigenvalue weighted by atomic mass is 32.1. The number of hydrogen-bond acceptors (Lipinski definition) is 4. The van der Waals surface area contributed by atoms with Gasteiger partial charge in [0, 0.05) is 18.0 Å². The number of aromatic nitrogens is 1. The van der Waals surface area contributed by atoms with Gasteiger partial charge in [0.1, 0.15) is 5.01 Å². The molecule has 8 heteroatoms. The molecule has 0 aromatic carbocycles. The summed E-state index contributed by atoms with van der Waals surface area (Å²) in [6.07, 6.45) is -0.909. The molecule has 20 heavy (non-hydrogen) atoms. The Morgan fingerprint density at radius 1 is 1.45 bits per heavy atom.